The normalized spacial score (nSPS) is 20.0. The minimum absolute atomic E-state index is 0.163. The average molecular weight is 302 g/mol. The first-order valence-corrected chi connectivity index (χ1v) is 7.77. The van der Waals surface area contributed by atoms with E-state index in [1.807, 2.05) is 0 Å². The second-order valence-corrected chi connectivity index (χ2v) is 6.66. The lowest BCUT2D eigenvalue weighted by Gasteiger charge is -2.47. The number of hydrazone groups is 1. The number of primary amides is 1. The van der Waals surface area contributed by atoms with Gasteiger partial charge in [-0.3, -0.25) is 0 Å². The Bertz CT molecular complexity index is 607. The van der Waals surface area contributed by atoms with Crippen molar-refractivity contribution in [2.75, 3.05) is 11.4 Å². The van der Waals surface area contributed by atoms with Gasteiger partial charge >= 0.3 is 6.03 Å². The molecule has 0 aromatic heterocycles. The maximum absolute atomic E-state index is 10.7. The standard InChI is InChI=1S/C17H26N4O/c1-6-21-15-7-11(2)13(10-19-20-16(18)22)8-14(15)12(3)9-17(21,4)5/h7-8,10,12H,6,9H2,1-5H3,(H3,18,20,22)/b19-10-. The Morgan fingerprint density at radius 1 is 1.55 bits per heavy atom. The molecule has 2 amide bonds. The van der Waals surface area contributed by atoms with E-state index in [0.717, 1.165) is 24.1 Å². The fraction of sp³-hybridized carbons (Fsp3) is 0.529. The van der Waals surface area contributed by atoms with Crippen LogP contribution in [0.2, 0.25) is 0 Å². The fourth-order valence-corrected chi connectivity index (χ4v) is 3.55. The molecule has 1 unspecified atom stereocenters. The largest absolute Gasteiger partial charge is 0.366 e. The fourth-order valence-electron chi connectivity index (χ4n) is 3.55. The Balaban J connectivity index is 2.44. The summed E-state index contributed by atoms with van der Waals surface area (Å²) in [6.45, 7) is 12.1. The molecule has 2 rings (SSSR count). The number of fused-ring (bicyclic) bond motifs is 1. The van der Waals surface area contributed by atoms with E-state index in [0.29, 0.717) is 5.92 Å². The highest BCUT2D eigenvalue weighted by atomic mass is 16.2. The number of amides is 2. The monoisotopic (exact) mass is 302 g/mol. The zero-order chi connectivity index (χ0) is 16.5. The number of nitrogens with one attached hydrogen (secondary N) is 1. The highest BCUT2D eigenvalue weighted by molar-refractivity contribution is 5.85. The van der Waals surface area contributed by atoms with Crippen LogP contribution in [-0.4, -0.2) is 24.3 Å². The van der Waals surface area contributed by atoms with E-state index >= 15 is 0 Å². The molecule has 1 aromatic rings. The molecule has 0 bridgehead atoms. The summed E-state index contributed by atoms with van der Waals surface area (Å²) < 4.78 is 0. The minimum Gasteiger partial charge on any atom is -0.366 e. The van der Waals surface area contributed by atoms with Crippen LogP contribution in [-0.2, 0) is 0 Å². The summed E-state index contributed by atoms with van der Waals surface area (Å²) in [5.41, 5.74) is 12.2. The van der Waals surface area contributed by atoms with Crippen molar-refractivity contribution in [1.29, 1.82) is 0 Å². The third-order valence-electron chi connectivity index (χ3n) is 4.47. The van der Waals surface area contributed by atoms with Crippen molar-refractivity contribution in [2.45, 2.75) is 52.5 Å². The van der Waals surface area contributed by atoms with Gasteiger partial charge in [-0.1, -0.05) is 6.92 Å². The zero-order valence-corrected chi connectivity index (χ0v) is 14.1. The lowest BCUT2D eigenvalue weighted by molar-refractivity contribution is 0.249. The first-order valence-electron chi connectivity index (χ1n) is 7.77. The van der Waals surface area contributed by atoms with Gasteiger partial charge in [0.05, 0.1) is 6.21 Å². The molecule has 0 fully saturated rings. The summed E-state index contributed by atoms with van der Waals surface area (Å²) in [5, 5.41) is 3.88. The molecule has 5 heteroatoms. The number of rotatable bonds is 3. The summed E-state index contributed by atoms with van der Waals surface area (Å²) in [6, 6.07) is 3.75. The van der Waals surface area contributed by atoms with Crippen molar-refractivity contribution >= 4 is 17.9 Å². The number of aryl methyl sites for hydroxylation is 1. The molecule has 1 aliphatic heterocycles. The highest BCUT2D eigenvalue weighted by Gasteiger charge is 2.35. The maximum atomic E-state index is 10.7. The van der Waals surface area contributed by atoms with Crippen LogP contribution in [0.3, 0.4) is 0 Å². The minimum atomic E-state index is -0.654. The molecule has 1 aromatic carbocycles. The van der Waals surface area contributed by atoms with Crippen molar-refractivity contribution in [3.63, 3.8) is 0 Å². The van der Waals surface area contributed by atoms with E-state index in [-0.39, 0.29) is 5.54 Å². The van der Waals surface area contributed by atoms with Crippen LogP contribution >= 0.6 is 0 Å². The van der Waals surface area contributed by atoms with Crippen molar-refractivity contribution in [2.24, 2.45) is 10.8 Å². The maximum Gasteiger partial charge on any atom is 0.332 e. The number of hydrogen-bond donors (Lipinski definition) is 2. The van der Waals surface area contributed by atoms with Crippen LogP contribution in [0.5, 0.6) is 0 Å². The Morgan fingerprint density at radius 2 is 2.23 bits per heavy atom. The SMILES string of the molecule is CCN1c2cc(C)c(/C=N\NC(N)=O)cc2C(C)CC1(C)C. The van der Waals surface area contributed by atoms with E-state index in [9.17, 15) is 4.79 Å². The molecule has 0 aliphatic carbocycles. The van der Waals surface area contributed by atoms with E-state index in [2.05, 4.69) is 62.2 Å². The Labute approximate surface area is 132 Å². The number of hydrogen-bond acceptors (Lipinski definition) is 3. The number of anilines is 1. The number of urea groups is 1. The number of benzene rings is 1. The van der Waals surface area contributed by atoms with Gasteiger partial charge < -0.3 is 10.6 Å². The molecular weight excluding hydrogens is 276 g/mol. The van der Waals surface area contributed by atoms with Crippen molar-refractivity contribution in [3.05, 3.63) is 28.8 Å². The molecule has 0 radical (unpaired) electrons. The molecule has 5 nitrogen and oxygen atoms in total. The molecular formula is C17H26N4O. The van der Waals surface area contributed by atoms with E-state index in [1.54, 1.807) is 6.21 Å². The van der Waals surface area contributed by atoms with Gasteiger partial charge in [0.2, 0.25) is 0 Å². The Morgan fingerprint density at radius 3 is 2.82 bits per heavy atom. The van der Waals surface area contributed by atoms with Gasteiger partial charge in [-0.2, -0.15) is 5.10 Å². The van der Waals surface area contributed by atoms with Crippen LogP contribution in [0, 0.1) is 6.92 Å². The van der Waals surface area contributed by atoms with E-state index in [1.165, 1.54) is 11.3 Å². The summed E-state index contributed by atoms with van der Waals surface area (Å²) in [5.74, 6) is 0.490. The van der Waals surface area contributed by atoms with Gasteiger partial charge in [-0.05, 0) is 68.9 Å². The number of carbonyl (C=O) groups is 1. The summed E-state index contributed by atoms with van der Waals surface area (Å²) in [7, 11) is 0. The molecule has 120 valence electrons. The predicted octanol–water partition coefficient (Wildman–Crippen LogP) is 3.11. The first kappa shape index (κ1) is 16.3. The first-order chi connectivity index (χ1) is 10.3. The lowest BCUT2D eigenvalue weighted by Crippen LogP contribution is -2.48. The third-order valence-corrected chi connectivity index (χ3v) is 4.47. The van der Waals surface area contributed by atoms with Gasteiger partial charge in [0.15, 0.2) is 0 Å². The summed E-state index contributed by atoms with van der Waals surface area (Å²) >= 11 is 0. The number of nitrogens with zero attached hydrogens (tertiary/aromatic N) is 2. The molecule has 1 heterocycles. The van der Waals surface area contributed by atoms with Crippen LogP contribution < -0.4 is 16.1 Å². The van der Waals surface area contributed by atoms with Crippen molar-refractivity contribution in [1.82, 2.24) is 5.43 Å². The average Bonchev–Trinajstić information content (AvgIpc) is 2.39. The van der Waals surface area contributed by atoms with Crippen LogP contribution in [0.4, 0.5) is 10.5 Å². The third kappa shape index (κ3) is 3.08. The molecule has 3 N–H and O–H groups in total. The second kappa shape index (κ2) is 5.99. The van der Waals surface area contributed by atoms with Gasteiger partial charge in [0, 0.05) is 17.8 Å². The molecule has 22 heavy (non-hydrogen) atoms. The molecule has 0 saturated carbocycles. The van der Waals surface area contributed by atoms with E-state index in [4.69, 9.17) is 5.73 Å². The highest BCUT2D eigenvalue weighted by Crippen LogP contribution is 2.43. The number of nitrogens with two attached hydrogens (primary N) is 1. The predicted molar refractivity (Wildman–Crippen MR) is 91.6 cm³/mol. The summed E-state index contributed by atoms with van der Waals surface area (Å²) in [4.78, 5) is 13.2. The molecule has 0 spiro atoms. The topological polar surface area (TPSA) is 70.7 Å². The quantitative estimate of drug-likeness (QED) is 0.665. The van der Waals surface area contributed by atoms with Gasteiger partial charge in [0.1, 0.15) is 0 Å². The van der Waals surface area contributed by atoms with Gasteiger partial charge in [0.25, 0.3) is 0 Å². The Hall–Kier alpha value is -2.04. The van der Waals surface area contributed by atoms with Crippen LogP contribution in [0.1, 0.15) is 56.7 Å². The van der Waals surface area contributed by atoms with Gasteiger partial charge in [-0.15, -0.1) is 0 Å². The van der Waals surface area contributed by atoms with Crippen molar-refractivity contribution < 1.29 is 4.79 Å². The molecule has 1 aliphatic rings. The lowest BCUT2D eigenvalue weighted by atomic mass is 9.79. The zero-order valence-electron chi connectivity index (χ0n) is 14.1. The van der Waals surface area contributed by atoms with Gasteiger partial charge in [-0.25, -0.2) is 10.2 Å². The summed E-state index contributed by atoms with van der Waals surface area (Å²) in [6.07, 6.45) is 2.77. The second-order valence-electron chi connectivity index (χ2n) is 6.66. The van der Waals surface area contributed by atoms with Crippen LogP contribution in [0.15, 0.2) is 17.2 Å². The Kier molecular flexibility index (Phi) is 4.44. The van der Waals surface area contributed by atoms with E-state index < -0.39 is 6.03 Å². The molecule has 1 atom stereocenters. The smallest absolute Gasteiger partial charge is 0.332 e. The van der Waals surface area contributed by atoms with Crippen molar-refractivity contribution in [3.8, 4) is 0 Å². The molecule has 0 saturated heterocycles. The van der Waals surface area contributed by atoms with Crippen LogP contribution in [0.25, 0.3) is 0 Å². The number of carbonyl (C=O) groups excluding carboxylic acids is 1.